The average Bonchev–Trinajstić information content (AvgIpc) is 2.45. The van der Waals surface area contributed by atoms with E-state index >= 15 is 0 Å². The number of hydrogen-bond acceptors (Lipinski definition) is 5. The first-order valence-corrected chi connectivity index (χ1v) is 7.98. The Kier molecular flexibility index (Phi) is 4.23. The summed E-state index contributed by atoms with van der Waals surface area (Å²) in [5, 5.41) is 7.46. The lowest BCUT2D eigenvalue weighted by atomic mass is 10.2. The van der Waals surface area contributed by atoms with Crippen molar-refractivity contribution in [1.29, 1.82) is 5.41 Å². The van der Waals surface area contributed by atoms with E-state index < -0.39 is 9.84 Å². The van der Waals surface area contributed by atoms with Crippen LogP contribution in [0.2, 0.25) is 0 Å². The van der Waals surface area contributed by atoms with E-state index in [1.54, 1.807) is 30.5 Å². The first kappa shape index (κ1) is 15.0. The van der Waals surface area contributed by atoms with Crippen molar-refractivity contribution in [2.24, 2.45) is 5.73 Å². The summed E-state index contributed by atoms with van der Waals surface area (Å²) in [7, 11) is -3.28. The van der Waals surface area contributed by atoms with E-state index in [-0.39, 0.29) is 17.3 Å². The number of nitrogens with two attached hydrogens (primary N) is 1. The predicted molar refractivity (Wildman–Crippen MR) is 79.1 cm³/mol. The zero-order chi connectivity index (χ0) is 15.5. The van der Waals surface area contributed by atoms with Crippen LogP contribution in [-0.2, 0) is 16.4 Å². The van der Waals surface area contributed by atoms with Crippen LogP contribution in [0.3, 0.4) is 0 Å². The maximum atomic E-state index is 11.5. The molecule has 0 amide bonds. The molecule has 1 aromatic heterocycles. The Morgan fingerprint density at radius 3 is 2.76 bits per heavy atom. The fraction of sp³-hybridized carbons (Fsp3) is 0.143. The Morgan fingerprint density at radius 2 is 2.10 bits per heavy atom. The molecule has 0 aliphatic heterocycles. The van der Waals surface area contributed by atoms with Crippen LogP contribution in [0.25, 0.3) is 0 Å². The van der Waals surface area contributed by atoms with Gasteiger partial charge in [-0.05, 0) is 24.3 Å². The molecule has 0 saturated heterocycles. The number of rotatable bonds is 5. The number of sulfone groups is 1. The quantitative estimate of drug-likeness (QED) is 0.640. The molecule has 7 heteroatoms. The smallest absolute Gasteiger partial charge is 0.175 e. The summed E-state index contributed by atoms with van der Waals surface area (Å²) in [6, 6.07) is 9.72. The summed E-state index contributed by atoms with van der Waals surface area (Å²) in [6.07, 6.45) is 2.69. The fourth-order valence-electron chi connectivity index (χ4n) is 1.75. The first-order chi connectivity index (χ1) is 9.88. The van der Waals surface area contributed by atoms with Crippen LogP contribution in [0.4, 0.5) is 0 Å². The molecular formula is C14H15N3O3S. The van der Waals surface area contributed by atoms with Gasteiger partial charge in [0.05, 0.1) is 4.90 Å². The first-order valence-electron chi connectivity index (χ1n) is 6.09. The molecule has 1 aromatic carbocycles. The van der Waals surface area contributed by atoms with Crippen molar-refractivity contribution < 1.29 is 13.2 Å². The molecule has 3 N–H and O–H groups in total. The maximum absolute atomic E-state index is 11.5. The Labute approximate surface area is 123 Å². The molecule has 1 heterocycles. The second kappa shape index (κ2) is 5.92. The van der Waals surface area contributed by atoms with Crippen LogP contribution in [0.5, 0.6) is 5.75 Å². The molecule has 0 aliphatic carbocycles. The molecule has 0 fully saturated rings. The number of benzene rings is 1. The summed E-state index contributed by atoms with van der Waals surface area (Å²) >= 11 is 0. The van der Waals surface area contributed by atoms with Gasteiger partial charge in [-0.3, -0.25) is 10.4 Å². The number of nitrogens with zero attached hydrogens (tertiary/aromatic N) is 1. The normalized spacial score (nSPS) is 11.1. The highest BCUT2D eigenvalue weighted by Crippen LogP contribution is 2.19. The molecule has 0 saturated carbocycles. The minimum atomic E-state index is -3.28. The lowest BCUT2D eigenvalue weighted by Gasteiger charge is -2.10. The number of aromatic nitrogens is 1. The van der Waals surface area contributed by atoms with Gasteiger partial charge in [-0.15, -0.1) is 0 Å². The van der Waals surface area contributed by atoms with Crippen molar-refractivity contribution in [2.75, 3.05) is 6.26 Å². The third-order valence-corrected chi connectivity index (χ3v) is 3.88. The summed E-state index contributed by atoms with van der Waals surface area (Å²) in [5.41, 5.74) is 6.47. The minimum Gasteiger partial charge on any atom is -0.489 e. The van der Waals surface area contributed by atoms with Crippen LogP contribution in [-0.4, -0.2) is 25.5 Å². The third-order valence-electron chi connectivity index (χ3n) is 2.77. The molecular weight excluding hydrogens is 290 g/mol. The van der Waals surface area contributed by atoms with E-state index in [4.69, 9.17) is 15.9 Å². The van der Waals surface area contributed by atoms with Gasteiger partial charge < -0.3 is 10.5 Å². The van der Waals surface area contributed by atoms with Gasteiger partial charge in [-0.25, -0.2) is 8.42 Å². The van der Waals surface area contributed by atoms with Crippen molar-refractivity contribution in [3.63, 3.8) is 0 Å². The van der Waals surface area contributed by atoms with E-state index in [1.165, 1.54) is 12.1 Å². The predicted octanol–water partition coefficient (Wildman–Crippen LogP) is 1.35. The summed E-state index contributed by atoms with van der Waals surface area (Å²) < 4.78 is 28.5. The van der Waals surface area contributed by atoms with E-state index in [0.29, 0.717) is 17.0 Å². The summed E-state index contributed by atoms with van der Waals surface area (Å²) in [4.78, 5) is 4.21. The molecule has 2 rings (SSSR count). The number of pyridine rings is 1. The van der Waals surface area contributed by atoms with E-state index in [0.717, 1.165) is 6.26 Å². The molecule has 110 valence electrons. The monoisotopic (exact) mass is 305 g/mol. The molecule has 2 aromatic rings. The average molecular weight is 305 g/mol. The molecule has 21 heavy (non-hydrogen) atoms. The highest BCUT2D eigenvalue weighted by molar-refractivity contribution is 7.90. The zero-order valence-electron chi connectivity index (χ0n) is 11.4. The molecule has 0 unspecified atom stereocenters. The number of amidine groups is 1. The van der Waals surface area contributed by atoms with Crippen LogP contribution in [0, 0.1) is 5.41 Å². The number of hydrogen-bond donors (Lipinski definition) is 2. The lowest BCUT2D eigenvalue weighted by Crippen LogP contribution is -2.16. The van der Waals surface area contributed by atoms with E-state index in [9.17, 15) is 8.42 Å². The highest BCUT2D eigenvalue weighted by Gasteiger charge is 2.10. The summed E-state index contributed by atoms with van der Waals surface area (Å²) in [5.74, 6) is 0.287. The van der Waals surface area contributed by atoms with Gasteiger partial charge in [-0.2, -0.15) is 0 Å². The standard InChI is InChI=1S/C14H15N3O3S/c1-21(18,19)12-6-2-5-11(8-12)20-9-10-4-3-7-17-13(10)14(15)16/h2-8H,9H2,1H3,(H3,15,16). The number of nitrogens with one attached hydrogen (secondary N) is 1. The van der Waals surface area contributed by atoms with E-state index in [1.807, 2.05) is 0 Å². The SMILES string of the molecule is CS(=O)(=O)c1cccc(OCc2cccnc2C(=N)N)c1. The molecule has 6 nitrogen and oxygen atoms in total. The Bertz CT molecular complexity index is 773. The van der Waals surface area contributed by atoms with Crippen LogP contribution in [0.1, 0.15) is 11.3 Å². The number of ether oxygens (including phenoxy) is 1. The highest BCUT2D eigenvalue weighted by atomic mass is 32.2. The van der Waals surface area contributed by atoms with Crippen LogP contribution >= 0.6 is 0 Å². The second-order valence-electron chi connectivity index (χ2n) is 4.46. The lowest BCUT2D eigenvalue weighted by molar-refractivity contribution is 0.304. The topological polar surface area (TPSA) is 106 Å². The van der Waals surface area contributed by atoms with E-state index in [2.05, 4.69) is 4.98 Å². The minimum absolute atomic E-state index is 0.140. The second-order valence-corrected chi connectivity index (χ2v) is 6.48. The fourth-order valence-corrected chi connectivity index (χ4v) is 2.41. The van der Waals surface area contributed by atoms with Crippen molar-refractivity contribution in [3.05, 3.63) is 53.9 Å². The van der Waals surface area contributed by atoms with Gasteiger partial charge in [0.2, 0.25) is 0 Å². The third kappa shape index (κ3) is 3.79. The van der Waals surface area contributed by atoms with Gasteiger partial charge in [-0.1, -0.05) is 12.1 Å². The molecule has 0 atom stereocenters. The van der Waals surface area contributed by atoms with Gasteiger partial charge in [0.15, 0.2) is 9.84 Å². The summed E-state index contributed by atoms with van der Waals surface area (Å²) in [6.45, 7) is 0.149. The van der Waals surface area contributed by atoms with Crippen molar-refractivity contribution in [1.82, 2.24) is 4.98 Å². The number of nitrogen functional groups attached to an aromatic ring is 1. The van der Waals surface area contributed by atoms with Crippen molar-refractivity contribution in [3.8, 4) is 5.75 Å². The van der Waals surface area contributed by atoms with Gasteiger partial charge >= 0.3 is 0 Å². The molecule has 0 radical (unpaired) electrons. The van der Waals surface area contributed by atoms with Crippen molar-refractivity contribution >= 4 is 15.7 Å². The van der Waals surface area contributed by atoms with Gasteiger partial charge in [0.25, 0.3) is 0 Å². The van der Waals surface area contributed by atoms with Crippen LogP contribution < -0.4 is 10.5 Å². The zero-order valence-corrected chi connectivity index (χ0v) is 12.2. The van der Waals surface area contributed by atoms with Crippen LogP contribution in [0.15, 0.2) is 47.5 Å². The molecule has 0 aliphatic rings. The van der Waals surface area contributed by atoms with Gasteiger partial charge in [0, 0.05) is 18.0 Å². The Morgan fingerprint density at radius 1 is 1.33 bits per heavy atom. The van der Waals surface area contributed by atoms with Gasteiger partial charge in [0.1, 0.15) is 23.9 Å². The Balaban J connectivity index is 2.20. The largest absolute Gasteiger partial charge is 0.489 e. The Hall–Kier alpha value is -2.41. The maximum Gasteiger partial charge on any atom is 0.175 e. The molecule has 0 spiro atoms. The molecule has 0 bridgehead atoms. The van der Waals surface area contributed by atoms with Crippen molar-refractivity contribution in [2.45, 2.75) is 11.5 Å².